The van der Waals surface area contributed by atoms with Gasteiger partial charge in [-0.25, -0.2) is 13.1 Å². The van der Waals surface area contributed by atoms with E-state index < -0.39 is 16.0 Å². The number of nitrogens with one attached hydrogen (secondary N) is 1. The van der Waals surface area contributed by atoms with Crippen molar-refractivity contribution in [3.05, 3.63) is 28.2 Å². The van der Waals surface area contributed by atoms with Crippen molar-refractivity contribution in [3.8, 4) is 0 Å². The van der Waals surface area contributed by atoms with Gasteiger partial charge >= 0.3 is 5.97 Å². The van der Waals surface area contributed by atoms with Crippen molar-refractivity contribution >= 4 is 31.9 Å². The maximum Gasteiger partial charge on any atom is 0.307 e. The minimum absolute atomic E-state index is 0.00443. The van der Waals surface area contributed by atoms with Gasteiger partial charge in [-0.2, -0.15) is 0 Å². The molecular formula is C13H18BrNO4S. The lowest BCUT2D eigenvalue weighted by atomic mass is 10.2. The first kappa shape index (κ1) is 17.1. The van der Waals surface area contributed by atoms with Gasteiger partial charge in [0, 0.05) is 11.0 Å². The minimum atomic E-state index is -3.63. The van der Waals surface area contributed by atoms with E-state index in [9.17, 15) is 13.2 Å². The molecule has 20 heavy (non-hydrogen) atoms. The molecule has 0 radical (unpaired) electrons. The number of carbonyl (C=O) groups excluding carboxylic acids is 1. The first-order valence-corrected chi connectivity index (χ1v) is 8.45. The average Bonchev–Trinajstić information content (AvgIpc) is 2.30. The molecule has 1 aromatic carbocycles. The molecule has 0 atom stereocenters. The number of rotatable bonds is 6. The van der Waals surface area contributed by atoms with Crippen LogP contribution in [0.25, 0.3) is 0 Å². The number of benzene rings is 1. The molecule has 0 unspecified atom stereocenters. The highest BCUT2D eigenvalue weighted by Gasteiger charge is 2.17. The minimum Gasteiger partial charge on any atom is -0.463 e. The quantitative estimate of drug-likeness (QED) is 0.787. The Balaban J connectivity index is 2.67. The molecule has 0 aliphatic heterocycles. The second-order valence-corrected chi connectivity index (χ2v) is 7.25. The molecule has 112 valence electrons. The molecule has 5 nitrogen and oxygen atoms in total. The maximum absolute atomic E-state index is 12.1. The highest BCUT2D eigenvalue weighted by Crippen LogP contribution is 2.20. The molecule has 1 N–H and O–H groups in total. The molecule has 1 aromatic rings. The highest BCUT2D eigenvalue weighted by molar-refractivity contribution is 9.10. The number of esters is 1. The summed E-state index contributed by atoms with van der Waals surface area (Å²) < 4.78 is 32.3. The Hall–Kier alpha value is -0.920. The van der Waals surface area contributed by atoms with Gasteiger partial charge in [0.15, 0.2) is 0 Å². The van der Waals surface area contributed by atoms with Crippen molar-refractivity contribution in [1.29, 1.82) is 0 Å². The van der Waals surface area contributed by atoms with E-state index in [2.05, 4.69) is 20.7 Å². The number of carbonyl (C=O) groups is 1. The second kappa shape index (κ2) is 7.19. The van der Waals surface area contributed by atoms with E-state index in [0.29, 0.717) is 10.0 Å². The lowest BCUT2D eigenvalue weighted by Crippen LogP contribution is -2.27. The second-order valence-electron chi connectivity index (χ2n) is 4.60. The van der Waals surface area contributed by atoms with Gasteiger partial charge in [-0.1, -0.05) is 22.0 Å². The lowest BCUT2D eigenvalue weighted by Gasteiger charge is -2.10. The first-order chi connectivity index (χ1) is 9.22. The molecule has 0 spiro atoms. The number of hydrogen-bond donors (Lipinski definition) is 1. The van der Waals surface area contributed by atoms with Gasteiger partial charge < -0.3 is 4.74 Å². The average molecular weight is 364 g/mol. The molecule has 0 aliphatic rings. The fraction of sp³-hybridized carbons (Fsp3) is 0.462. The Bertz CT molecular complexity index is 584. The molecule has 0 bridgehead atoms. The number of aryl methyl sites for hydroxylation is 1. The van der Waals surface area contributed by atoms with Crippen LogP contribution in [0, 0.1) is 6.92 Å². The largest absolute Gasteiger partial charge is 0.463 e. The lowest BCUT2D eigenvalue weighted by molar-refractivity contribution is -0.147. The van der Waals surface area contributed by atoms with Gasteiger partial charge in [-0.05, 0) is 38.5 Å². The van der Waals surface area contributed by atoms with Gasteiger partial charge in [0.25, 0.3) is 0 Å². The Kier molecular flexibility index (Phi) is 6.16. The van der Waals surface area contributed by atoms with Crippen LogP contribution in [0.4, 0.5) is 0 Å². The number of sulfonamides is 1. The first-order valence-electron chi connectivity index (χ1n) is 6.17. The van der Waals surface area contributed by atoms with E-state index in [1.165, 1.54) is 6.07 Å². The number of hydrogen-bond acceptors (Lipinski definition) is 4. The van der Waals surface area contributed by atoms with Crippen molar-refractivity contribution in [2.45, 2.75) is 38.2 Å². The van der Waals surface area contributed by atoms with Crippen molar-refractivity contribution in [2.75, 3.05) is 6.54 Å². The van der Waals surface area contributed by atoms with Gasteiger partial charge in [0.05, 0.1) is 17.4 Å². The summed E-state index contributed by atoms with van der Waals surface area (Å²) in [6.07, 6.45) is -0.198. The zero-order valence-electron chi connectivity index (χ0n) is 11.6. The van der Waals surface area contributed by atoms with Crippen LogP contribution < -0.4 is 4.72 Å². The smallest absolute Gasteiger partial charge is 0.307 e. The molecule has 0 amide bonds. The van der Waals surface area contributed by atoms with Crippen molar-refractivity contribution < 1.29 is 17.9 Å². The van der Waals surface area contributed by atoms with Gasteiger partial charge in [-0.3, -0.25) is 4.79 Å². The third kappa shape index (κ3) is 5.22. The molecule has 0 fully saturated rings. The predicted octanol–water partition coefficient (Wildman–Crippen LogP) is 2.38. The number of halogens is 1. The maximum atomic E-state index is 12.1. The Labute approximate surface area is 127 Å². The Morgan fingerprint density at radius 2 is 2.05 bits per heavy atom. The van der Waals surface area contributed by atoms with E-state index in [-0.39, 0.29) is 24.0 Å². The molecule has 0 aromatic heterocycles. The summed E-state index contributed by atoms with van der Waals surface area (Å²) in [5.41, 5.74) is 0.644. The van der Waals surface area contributed by atoms with Crippen molar-refractivity contribution in [1.82, 2.24) is 4.72 Å². The van der Waals surface area contributed by atoms with E-state index in [1.54, 1.807) is 32.9 Å². The summed E-state index contributed by atoms with van der Waals surface area (Å²) in [5, 5.41) is 0. The van der Waals surface area contributed by atoms with E-state index in [4.69, 9.17) is 4.74 Å². The Morgan fingerprint density at radius 3 is 2.65 bits per heavy atom. The third-order valence-corrected chi connectivity index (χ3v) is 4.52. The van der Waals surface area contributed by atoms with Crippen LogP contribution in [0.3, 0.4) is 0 Å². The van der Waals surface area contributed by atoms with Gasteiger partial charge in [0.1, 0.15) is 0 Å². The molecule has 0 saturated carbocycles. The normalized spacial score (nSPS) is 11.7. The summed E-state index contributed by atoms with van der Waals surface area (Å²) in [4.78, 5) is 11.5. The summed E-state index contributed by atoms with van der Waals surface area (Å²) in [5.74, 6) is -0.423. The molecule has 0 saturated heterocycles. The fourth-order valence-electron chi connectivity index (χ4n) is 1.55. The topological polar surface area (TPSA) is 72.5 Å². The third-order valence-electron chi connectivity index (χ3n) is 2.43. The summed E-state index contributed by atoms with van der Waals surface area (Å²) in [7, 11) is -3.63. The molecular weight excluding hydrogens is 346 g/mol. The van der Waals surface area contributed by atoms with E-state index in [1.807, 2.05) is 0 Å². The van der Waals surface area contributed by atoms with Gasteiger partial charge in [0.2, 0.25) is 10.0 Å². The predicted molar refractivity (Wildman–Crippen MR) is 79.9 cm³/mol. The van der Waals surface area contributed by atoms with E-state index in [0.717, 1.165) is 0 Å². The van der Waals surface area contributed by atoms with Crippen LogP contribution in [0.5, 0.6) is 0 Å². The van der Waals surface area contributed by atoms with E-state index >= 15 is 0 Å². The SMILES string of the molecule is Cc1ccc(Br)cc1S(=O)(=O)NCCC(=O)OC(C)C. The standard InChI is InChI=1S/C13H18BrNO4S/c1-9(2)19-13(16)6-7-15-20(17,18)12-8-11(14)5-4-10(12)3/h4-5,8-9,15H,6-7H2,1-3H3. The monoisotopic (exact) mass is 363 g/mol. The van der Waals surface area contributed by atoms with Crippen LogP contribution in [0.2, 0.25) is 0 Å². The summed E-state index contributed by atoms with van der Waals surface area (Å²) in [6.45, 7) is 5.22. The summed E-state index contributed by atoms with van der Waals surface area (Å²) >= 11 is 3.24. The fourth-order valence-corrected chi connectivity index (χ4v) is 3.36. The zero-order chi connectivity index (χ0) is 15.3. The Morgan fingerprint density at radius 1 is 1.40 bits per heavy atom. The summed E-state index contributed by atoms with van der Waals surface area (Å²) in [6, 6.07) is 5.02. The highest BCUT2D eigenvalue weighted by atomic mass is 79.9. The van der Waals surface area contributed by atoms with Gasteiger partial charge in [-0.15, -0.1) is 0 Å². The molecule has 7 heteroatoms. The van der Waals surface area contributed by atoms with Crippen LogP contribution >= 0.6 is 15.9 Å². The van der Waals surface area contributed by atoms with Crippen molar-refractivity contribution in [3.63, 3.8) is 0 Å². The van der Waals surface area contributed by atoms with Crippen LogP contribution in [0.1, 0.15) is 25.8 Å². The molecule has 1 rings (SSSR count). The van der Waals surface area contributed by atoms with Crippen LogP contribution in [0.15, 0.2) is 27.6 Å². The van der Waals surface area contributed by atoms with Crippen LogP contribution in [-0.2, 0) is 19.6 Å². The zero-order valence-corrected chi connectivity index (χ0v) is 14.0. The number of ether oxygens (including phenoxy) is 1. The molecule has 0 aliphatic carbocycles. The van der Waals surface area contributed by atoms with Crippen LogP contribution in [-0.4, -0.2) is 27.0 Å². The molecule has 0 heterocycles. The van der Waals surface area contributed by atoms with Crippen molar-refractivity contribution in [2.24, 2.45) is 0 Å².